The highest BCUT2D eigenvalue weighted by molar-refractivity contribution is 5.67. The van der Waals surface area contributed by atoms with E-state index in [1.54, 1.807) is 13.0 Å². The molecule has 2 aliphatic rings. The molecule has 0 N–H and O–H groups in total. The second-order valence-electron chi connectivity index (χ2n) is 2.26. The molecule has 2 unspecified atom stereocenters. The SMILES string of the molecule is CC1=CC2OC2(C=O)O1. The average Bonchev–Trinajstić information content (AvgIpc) is 2.38. The van der Waals surface area contributed by atoms with Crippen LogP contribution in [0.4, 0.5) is 0 Å². The summed E-state index contributed by atoms with van der Waals surface area (Å²) in [6, 6.07) is 0. The van der Waals surface area contributed by atoms with Gasteiger partial charge in [-0.1, -0.05) is 0 Å². The van der Waals surface area contributed by atoms with Crippen LogP contribution in [0.15, 0.2) is 11.8 Å². The van der Waals surface area contributed by atoms with E-state index in [1.165, 1.54) is 0 Å². The van der Waals surface area contributed by atoms with Crippen molar-refractivity contribution in [3.05, 3.63) is 11.8 Å². The molecule has 2 atom stereocenters. The largest absolute Gasteiger partial charge is 0.457 e. The van der Waals surface area contributed by atoms with Crippen molar-refractivity contribution in [1.82, 2.24) is 0 Å². The molecule has 0 amide bonds. The van der Waals surface area contributed by atoms with Gasteiger partial charge in [0.1, 0.15) is 0 Å². The minimum Gasteiger partial charge on any atom is -0.457 e. The number of allylic oxidation sites excluding steroid dienone is 1. The molecule has 0 aromatic rings. The molecule has 1 fully saturated rings. The number of fused-ring (bicyclic) bond motifs is 1. The quantitative estimate of drug-likeness (QED) is 0.372. The minimum atomic E-state index is -0.899. The molecule has 0 aliphatic carbocycles. The van der Waals surface area contributed by atoms with Gasteiger partial charge in [-0.25, -0.2) is 0 Å². The predicted molar refractivity (Wildman–Crippen MR) is 28.5 cm³/mol. The standard InChI is InChI=1S/C6H6O3/c1-4-2-5-6(3-7,8-4)9-5/h2-3,5H,1H3. The van der Waals surface area contributed by atoms with E-state index in [4.69, 9.17) is 9.47 Å². The fraction of sp³-hybridized carbons (Fsp3) is 0.500. The van der Waals surface area contributed by atoms with Crippen molar-refractivity contribution in [3.63, 3.8) is 0 Å². The van der Waals surface area contributed by atoms with Gasteiger partial charge < -0.3 is 9.47 Å². The van der Waals surface area contributed by atoms with Gasteiger partial charge in [-0.15, -0.1) is 0 Å². The van der Waals surface area contributed by atoms with Crippen molar-refractivity contribution in [3.8, 4) is 0 Å². The summed E-state index contributed by atoms with van der Waals surface area (Å²) in [6.45, 7) is 1.81. The molecule has 2 heterocycles. The highest BCUT2D eigenvalue weighted by Gasteiger charge is 2.62. The molecule has 3 nitrogen and oxygen atoms in total. The summed E-state index contributed by atoms with van der Waals surface area (Å²) in [5, 5.41) is 0. The van der Waals surface area contributed by atoms with E-state index >= 15 is 0 Å². The summed E-state index contributed by atoms with van der Waals surface area (Å²) >= 11 is 0. The van der Waals surface area contributed by atoms with Gasteiger partial charge in [0.2, 0.25) is 0 Å². The smallest absolute Gasteiger partial charge is 0.298 e. The maximum Gasteiger partial charge on any atom is 0.298 e. The molecular weight excluding hydrogens is 120 g/mol. The van der Waals surface area contributed by atoms with Crippen molar-refractivity contribution < 1.29 is 14.3 Å². The second-order valence-corrected chi connectivity index (χ2v) is 2.26. The van der Waals surface area contributed by atoms with Crippen molar-refractivity contribution in [2.45, 2.75) is 18.8 Å². The van der Waals surface area contributed by atoms with E-state index in [1.807, 2.05) is 0 Å². The van der Waals surface area contributed by atoms with Crippen LogP contribution in [0.25, 0.3) is 0 Å². The van der Waals surface area contributed by atoms with Gasteiger partial charge in [0.25, 0.3) is 5.79 Å². The highest BCUT2D eigenvalue weighted by Crippen LogP contribution is 2.44. The second kappa shape index (κ2) is 1.19. The zero-order chi connectivity index (χ0) is 6.48. The average molecular weight is 126 g/mol. The maximum atomic E-state index is 10.2. The predicted octanol–water partition coefficient (Wildman–Crippen LogP) is 0.214. The van der Waals surface area contributed by atoms with Crippen LogP contribution in [-0.2, 0) is 14.3 Å². The first-order chi connectivity index (χ1) is 4.27. The fourth-order valence-electron chi connectivity index (χ4n) is 1.01. The molecule has 0 saturated carbocycles. The Morgan fingerprint density at radius 2 is 2.67 bits per heavy atom. The summed E-state index contributed by atoms with van der Waals surface area (Å²) in [7, 11) is 0. The number of carbonyl (C=O) groups excluding carboxylic acids is 1. The summed E-state index contributed by atoms with van der Waals surface area (Å²) in [6.07, 6.45) is 2.40. The third-order valence-electron chi connectivity index (χ3n) is 1.52. The van der Waals surface area contributed by atoms with Crippen LogP contribution in [0.5, 0.6) is 0 Å². The number of epoxide rings is 1. The lowest BCUT2D eigenvalue weighted by Crippen LogP contribution is -2.15. The molecule has 0 radical (unpaired) electrons. The molecule has 3 heteroatoms. The van der Waals surface area contributed by atoms with Crippen molar-refractivity contribution >= 4 is 6.29 Å². The topological polar surface area (TPSA) is 38.8 Å². The van der Waals surface area contributed by atoms with Gasteiger partial charge in [-0.05, 0) is 13.0 Å². The van der Waals surface area contributed by atoms with Crippen LogP contribution in [0.3, 0.4) is 0 Å². The lowest BCUT2D eigenvalue weighted by atomic mass is 10.3. The highest BCUT2D eigenvalue weighted by atomic mass is 16.8. The Labute approximate surface area is 52.3 Å². The molecular formula is C6H6O3. The molecule has 1 saturated heterocycles. The van der Waals surface area contributed by atoms with Gasteiger partial charge in [0.05, 0.1) is 5.76 Å². The van der Waals surface area contributed by atoms with Crippen molar-refractivity contribution in [1.29, 1.82) is 0 Å². The Balaban J connectivity index is 2.23. The van der Waals surface area contributed by atoms with Gasteiger partial charge in [0, 0.05) is 0 Å². The van der Waals surface area contributed by atoms with Crippen molar-refractivity contribution in [2.75, 3.05) is 0 Å². The molecule has 2 rings (SSSR count). The Hall–Kier alpha value is -0.830. The third kappa shape index (κ3) is 0.471. The van der Waals surface area contributed by atoms with E-state index < -0.39 is 5.79 Å². The molecule has 0 aromatic carbocycles. The minimum absolute atomic E-state index is 0.102. The monoisotopic (exact) mass is 126 g/mol. The number of rotatable bonds is 1. The van der Waals surface area contributed by atoms with E-state index in [-0.39, 0.29) is 6.10 Å². The third-order valence-corrected chi connectivity index (χ3v) is 1.52. The fourth-order valence-corrected chi connectivity index (χ4v) is 1.01. The van der Waals surface area contributed by atoms with Gasteiger partial charge >= 0.3 is 0 Å². The first-order valence-electron chi connectivity index (χ1n) is 2.78. The molecule has 0 aromatic heterocycles. The number of carbonyl (C=O) groups is 1. The van der Waals surface area contributed by atoms with Crippen LogP contribution in [0.2, 0.25) is 0 Å². The molecule has 48 valence electrons. The number of aldehydes is 1. The summed E-state index contributed by atoms with van der Waals surface area (Å²) in [5.41, 5.74) is 0. The molecule has 0 bridgehead atoms. The van der Waals surface area contributed by atoms with Gasteiger partial charge in [0.15, 0.2) is 12.4 Å². The van der Waals surface area contributed by atoms with Crippen LogP contribution in [0, 0.1) is 0 Å². The van der Waals surface area contributed by atoms with Crippen LogP contribution < -0.4 is 0 Å². The number of hydrogen-bond acceptors (Lipinski definition) is 3. The lowest BCUT2D eigenvalue weighted by molar-refractivity contribution is -0.125. The van der Waals surface area contributed by atoms with Crippen LogP contribution in [-0.4, -0.2) is 18.2 Å². The van der Waals surface area contributed by atoms with Gasteiger partial charge in [-0.3, -0.25) is 4.79 Å². The number of ether oxygens (including phenoxy) is 2. The van der Waals surface area contributed by atoms with E-state index in [9.17, 15) is 4.79 Å². The number of hydrogen-bond donors (Lipinski definition) is 0. The lowest BCUT2D eigenvalue weighted by Gasteiger charge is -2.02. The first-order valence-corrected chi connectivity index (χ1v) is 2.78. The van der Waals surface area contributed by atoms with E-state index in [0.29, 0.717) is 6.29 Å². The van der Waals surface area contributed by atoms with Crippen LogP contribution >= 0.6 is 0 Å². The Bertz CT molecular complexity index is 196. The zero-order valence-corrected chi connectivity index (χ0v) is 4.96. The molecule has 2 aliphatic heterocycles. The Morgan fingerprint density at radius 3 is 3.00 bits per heavy atom. The summed E-state index contributed by atoms with van der Waals surface area (Å²) < 4.78 is 9.94. The zero-order valence-electron chi connectivity index (χ0n) is 4.96. The summed E-state index contributed by atoms with van der Waals surface area (Å²) in [4.78, 5) is 10.2. The Kier molecular flexibility index (Phi) is 0.658. The molecule has 0 spiro atoms. The van der Waals surface area contributed by atoms with E-state index in [2.05, 4.69) is 0 Å². The maximum absolute atomic E-state index is 10.2. The van der Waals surface area contributed by atoms with Crippen LogP contribution in [0.1, 0.15) is 6.92 Å². The van der Waals surface area contributed by atoms with Gasteiger partial charge in [-0.2, -0.15) is 0 Å². The first kappa shape index (κ1) is 4.99. The Morgan fingerprint density at radius 1 is 1.89 bits per heavy atom. The van der Waals surface area contributed by atoms with Crippen molar-refractivity contribution in [2.24, 2.45) is 0 Å². The summed E-state index contributed by atoms with van der Waals surface area (Å²) in [5.74, 6) is -0.122. The normalized spacial score (nSPS) is 45.0. The van der Waals surface area contributed by atoms with E-state index in [0.717, 1.165) is 5.76 Å². The molecule has 9 heavy (non-hydrogen) atoms.